The molecule has 19 heavy (non-hydrogen) atoms. The number of nitrogens with one attached hydrogen (secondary N) is 1. The van der Waals surface area contributed by atoms with Gasteiger partial charge < -0.3 is 16.2 Å². The smallest absolute Gasteiger partial charge is 0.0963 e. The molecule has 0 radical (unpaired) electrons. The molecule has 0 heterocycles. The van der Waals surface area contributed by atoms with Gasteiger partial charge in [-0.2, -0.15) is 0 Å². The first kappa shape index (κ1) is 13.4. The minimum Gasteiger partial charge on any atom is -0.399 e. The monoisotopic (exact) mass is 256 g/mol. The third-order valence-electron chi connectivity index (χ3n) is 3.24. The lowest BCUT2D eigenvalue weighted by atomic mass is 10.1. The number of nitrogen functional groups attached to an aromatic ring is 1. The van der Waals surface area contributed by atoms with Crippen molar-refractivity contribution in [2.75, 3.05) is 17.6 Å². The van der Waals surface area contributed by atoms with Gasteiger partial charge in [-0.05, 0) is 43.2 Å². The fourth-order valence-electron chi connectivity index (χ4n) is 1.87. The molecule has 1 unspecified atom stereocenters. The summed E-state index contributed by atoms with van der Waals surface area (Å²) in [5.74, 6) is 0. The van der Waals surface area contributed by atoms with Crippen LogP contribution in [-0.2, 0) is 0 Å². The Morgan fingerprint density at radius 1 is 1.11 bits per heavy atom. The van der Waals surface area contributed by atoms with Crippen LogP contribution in [-0.4, -0.2) is 11.7 Å². The van der Waals surface area contributed by atoms with Crippen LogP contribution < -0.4 is 11.1 Å². The minimum atomic E-state index is -0.566. The second-order valence-electron chi connectivity index (χ2n) is 4.88. The van der Waals surface area contributed by atoms with Crippen molar-refractivity contribution < 1.29 is 5.11 Å². The van der Waals surface area contributed by atoms with Crippen molar-refractivity contribution in [3.8, 4) is 0 Å². The topological polar surface area (TPSA) is 58.3 Å². The van der Waals surface area contributed by atoms with Crippen molar-refractivity contribution >= 4 is 11.4 Å². The maximum Gasteiger partial charge on any atom is 0.0963 e. The van der Waals surface area contributed by atoms with E-state index < -0.39 is 6.10 Å². The molecule has 0 amide bonds. The lowest BCUT2D eigenvalue weighted by molar-refractivity contribution is 0.191. The number of aliphatic hydroxyl groups is 1. The highest BCUT2D eigenvalue weighted by atomic mass is 16.3. The molecule has 3 heteroatoms. The first-order chi connectivity index (χ1) is 9.06. The number of benzene rings is 2. The predicted octanol–water partition coefficient (Wildman–Crippen LogP) is 3.03. The Balaban J connectivity index is 1.98. The molecule has 0 spiro atoms. The third kappa shape index (κ3) is 3.48. The van der Waals surface area contributed by atoms with Crippen LogP contribution in [0.2, 0.25) is 0 Å². The number of rotatable bonds is 4. The second-order valence-corrected chi connectivity index (χ2v) is 4.88. The van der Waals surface area contributed by atoms with Crippen molar-refractivity contribution in [1.82, 2.24) is 0 Å². The van der Waals surface area contributed by atoms with Crippen LogP contribution in [0, 0.1) is 13.8 Å². The molecule has 0 saturated carbocycles. The zero-order chi connectivity index (χ0) is 13.8. The highest BCUT2D eigenvalue weighted by Gasteiger charge is 2.08. The molecule has 0 aromatic heterocycles. The Hall–Kier alpha value is -2.00. The Bertz CT molecular complexity index is 549. The first-order valence-electron chi connectivity index (χ1n) is 6.41. The predicted molar refractivity (Wildman–Crippen MR) is 80.2 cm³/mol. The van der Waals surface area contributed by atoms with Gasteiger partial charge in [0.05, 0.1) is 6.10 Å². The maximum atomic E-state index is 10.1. The molecular weight excluding hydrogens is 236 g/mol. The second kappa shape index (κ2) is 5.76. The van der Waals surface area contributed by atoms with Crippen LogP contribution >= 0.6 is 0 Å². The Morgan fingerprint density at radius 2 is 1.79 bits per heavy atom. The Kier molecular flexibility index (Phi) is 4.07. The van der Waals surface area contributed by atoms with E-state index in [1.165, 1.54) is 5.56 Å². The van der Waals surface area contributed by atoms with Crippen molar-refractivity contribution in [1.29, 1.82) is 0 Å². The van der Waals surface area contributed by atoms with E-state index in [1.54, 1.807) is 0 Å². The molecule has 2 rings (SSSR count). The first-order valence-corrected chi connectivity index (χ1v) is 6.41. The van der Waals surface area contributed by atoms with E-state index in [-0.39, 0.29) is 0 Å². The van der Waals surface area contributed by atoms with E-state index >= 15 is 0 Å². The SMILES string of the molecule is Cc1ccc(NCC(O)c2ccc(C)c(N)c2)cc1. The molecule has 3 nitrogen and oxygen atoms in total. The molecule has 0 aliphatic carbocycles. The summed E-state index contributed by atoms with van der Waals surface area (Å²) in [6, 6.07) is 13.8. The van der Waals surface area contributed by atoms with Gasteiger partial charge in [0.25, 0.3) is 0 Å². The lowest BCUT2D eigenvalue weighted by Gasteiger charge is -2.14. The van der Waals surface area contributed by atoms with Crippen molar-refractivity contribution in [2.24, 2.45) is 0 Å². The van der Waals surface area contributed by atoms with E-state index in [4.69, 9.17) is 5.73 Å². The van der Waals surface area contributed by atoms with Gasteiger partial charge in [0, 0.05) is 17.9 Å². The molecule has 0 aliphatic rings. The summed E-state index contributed by atoms with van der Waals surface area (Å²) in [4.78, 5) is 0. The number of hydrogen-bond donors (Lipinski definition) is 3. The standard InChI is InChI=1S/C16H20N2O/c1-11-3-7-14(8-4-11)18-10-16(19)13-6-5-12(2)15(17)9-13/h3-9,16,18-19H,10,17H2,1-2H3. The fourth-order valence-corrected chi connectivity index (χ4v) is 1.87. The molecule has 2 aromatic rings. The summed E-state index contributed by atoms with van der Waals surface area (Å²) in [6.07, 6.45) is -0.566. The van der Waals surface area contributed by atoms with Crippen LogP contribution in [0.3, 0.4) is 0 Å². The van der Waals surface area contributed by atoms with E-state index in [0.29, 0.717) is 12.2 Å². The van der Waals surface area contributed by atoms with Gasteiger partial charge in [0.2, 0.25) is 0 Å². The normalized spacial score (nSPS) is 12.2. The molecule has 4 N–H and O–H groups in total. The van der Waals surface area contributed by atoms with Crippen LogP contribution in [0.4, 0.5) is 11.4 Å². The average Bonchev–Trinajstić information content (AvgIpc) is 2.41. The van der Waals surface area contributed by atoms with Crippen LogP contribution in [0.15, 0.2) is 42.5 Å². The van der Waals surface area contributed by atoms with Gasteiger partial charge in [0.1, 0.15) is 0 Å². The average molecular weight is 256 g/mol. The molecule has 0 aliphatic heterocycles. The van der Waals surface area contributed by atoms with Crippen molar-refractivity contribution in [3.63, 3.8) is 0 Å². The van der Waals surface area contributed by atoms with Crippen LogP contribution in [0.5, 0.6) is 0 Å². The van der Waals surface area contributed by atoms with Crippen LogP contribution in [0.25, 0.3) is 0 Å². The summed E-state index contributed by atoms with van der Waals surface area (Å²) >= 11 is 0. The number of nitrogens with two attached hydrogens (primary N) is 1. The van der Waals surface area contributed by atoms with E-state index in [0.717, 1.165) is 16.8 Å². The van der Waals surface area contributed by atoms with Gasteiger partial charge in [0.15, 0.2) is 0 Å². The summed E-state index contributed by atoms with van der Waals surface area (Å²) in [7, 11) is 0. The van der Waals surface area contributed by atoms with Crippen LogP contribution in [0.1, 0.15) is 22.8 Å². The Labute approximate surface area is 114 Å². The Morgan fingerprint density at radius 3 is 2.42 bits per heavy atom. The largest absolute Gasteiger partial charge is 0.399 e. The summed E-state index contributed by atoms with van der Waals surface area (Å²) in [5.41, 5.74) is 10.7. The highest BCUT2D eigenvalue weighted by Crippen LogP contribution is 2.20. The maximum absolute atomic E-state index is 10.1. The van der Waals surface area contributed by atoms with Gasteiger partial charge >= 0.3 is 0 Å². The summed E-state index contributed by atoms with van der Waals surface area (Å²) in [5, 5.41) is 13.3. The van der Waals surface area contributed by atoms with E-state index in [1.807, 2.05) is 56.3 Å². The third-order valence-corrected chi connectivity index (χ3v) is 3.24. The zero-order valence-corrected chi connectivity index (χ0v) is 11.4. The highest BCUT2D eigenvalue weighted by molar-refractivity contribution is 5.49. The van der Waals surface area contributed by atoms with Gasteiger partial charge in [-0.15, -0.1) is 0 Å². The van der Waals surface area contributed by atoms with Crippen molar-refractivity contribution in [3.05, 3.63) is 59.2 Å². The lowest BCUT2D eigenvalue weighted by Crippen LogP contribution is -2.12. The molecule has 1 atom stereocenters. The molecule has 100 valence electrons. The molecule has 0 fully saturated rings. The summed E-state index contributed by atoms with van der Waals surface area (Å²) < 4.78 is 0. The molecule has 2 aromatic carbocycles. The number of aryl methyl sites for hydroxylation is 2. The quantitative estimate of drug-likeness (QED) is 0.737. The molecule has 0 saturated heterocycles. The van der Waals surface area contributed by atoms with Crippen molar-refractivity contribution in [2.45, 2.75) is 20.0 Å². The van der Waals surface area contributed by atoms with Gasteiger partial charge in [-0.1, -0.05) is 29.8 Å². The van der Waals surface area contributed by atoms with E-state index in [2.05, 4.69) is 5.32 Å². The fraction of sp³-hybridized carbons (Fsp3) is 0.250. The number of hydrogen-bond acceptors (Lipinski definition) is 3. The molecule has 0 bridgehead atoms. The van der Waals surface area contributed by atoms with Gasteiger partial charge in [-0.3, -0.25) is 0 Å². The van der Waals surface area contributed by atoms with Gasteiger partial charge in [-0.25, -0.2) is 0 Å². The number of aliphatic hydroxyl groups excluding tert-OH is 1. The minimum absolute atomic E-state index is 0.464. The summed E-state index contributed by atoms with van der Waals surface area (Å²) in [6.45, 7) is 4.47. The number of anilines is 2. The molecular formula is C16H20N2O. The zero-order valence-electron chi connectivity index (χ0n) is 11.4. The van der Waals surface area contributed by atoms with E-state index in [9.17, 15) is 5.11 Å².